The highest BCUT2D eigenvalue weighted by atomic mass is 79.9. The second kappa shape index (κ2) is 5.41. The van der Waals surface area contributed by atoms with Gasteiger partial charge in [-0.15, -0.1) is 0 Å². The molecule has 4 heteroatoms. The van der Waals surface area contributed by atoms with Gasteiger partial charge in [0.25, 0.3) is 5.91 Å². The van der Waals surface area contributed by atoms with E-state index in [9.17, 15) is 4.79 Å². The van der Waals surface area contributed by atoms with E-state index in [-0.39, 0.29) is 18.0 Å². The standard InChI is InChI=1S/C14H19BrN2O/c1-9-8-11(16)6-7-17(9)14(18)12-4-3-5-13(15)10(12)2/h3-5,9,11H,6-8,16H2,1-2H3/t9-,11-/m1/s1. The number of piperidine rings is 1. The SMILES string of the molecule is Cc1c(Br)cccc1C(=O)N1CC[C@@H](N)C[C@H]1C. The van der Waals surface area contributed by atoms with E-state index in [4.69, 9.17) is 5.73 Å². The topological polar surface area (TPSA) is 46.3 Å². The lowest BCUT2D eigenvalue weighted by Crippen LogP contribution is -2.48. The monoisotopic (exact) mass is 310 g/mol. The first-order chi connectivity index (χ1) is 8.50. The third kappa shape index (κ3) is 2.59. The molecule has 0 aliphatic carbocycles. The van der Waals surface area contributed by atoms with Crippen molar-refractivity contribution in [1.82, 2.24) is 4.90 Å². The molecule has 2 rings (SSSR count). The first kappa shape index (κ1) is 13.6. The van der Waals surface area contributed by atoms with Gasteiger partial charge in [-0.1, -0.05) is 22.0 Å². The molecule has 1 aromatic rings. The zero-order valence-electron chi connectivity index (χ0n) is 10.8. The highest BCUT2D eigenvalue weighted by molar-refractivity contribution is 9.10. The fourth-order valence-electron chi connectivity index (χ4n) is 2.50. The van der Waals surface area contributed by atoms with Crippen LogP contribution in [0.4, 0.5) is 0 Å². The summed E-state index contributed by atoms with van der Waals surface area (Å²) in [4.78, 5) is 14.5. The van der Waals surface area contributed by atoms with Crippen molar-refractivity contribution in [2.75, 3.05) is 6.54 Å². The summed E-state index contributed by atoms with van der Waals surface area (Å²) in [7, 11) is 0. The predicted molar refractivity (Wildman–Crippen MR) is 76.6 cm³/mol. The maximum absolute atomic E-state index is 12.6. The Balaban J connectivity index is 2.23. The van der Waals surface area contributed by atoms with Gasteiger partial charge in [0.1, 0.15) is 0 Å². The number of amides is 1. The molecule has 0 aromatic heterocycles. The van der Waals surface area contributed by atoms with Gasteiger partial charge in [-0.3, -0.25) is 4.79 Å². The molecule has 0 saturated carbocycles. The van der Waals surface area contributed by atoms with E-state index in [2.05, 4.69) is 22.9 Å². The summed E-state index contributed by atoms with van der Waals surface area (Å²) in [6.45, 7) is 4.80. The Kier molecular flexibility index (Phi) is 4.07. The molecule has 3 nitrogen and oxygen atoms in total. The number of nitrogens with zero attached hydrogens (tertiary/aromatic N) is 1. The highest BCUT2D eigenvalue weighted by Gasteiger charge is 2.28. The van der Waals surface area contributed by atoms with Crippen molar-refractivity contribution in [1.29, 1.82) is 0 Å². The van der Waals surface area contributed by atoms with E-state index >= 15 is 0 Å². The summed E-state index contributed by atoms with van der Waals surface area (Å²) in [5, 5.41) is 0. The molecule has 0 spiro atoms. The van der Waals surface area contributed by atoms with Crippen LogP contribution in [0.3, 0.4) is 0 Å². The Morgan fingerprint density at radius 2 is 2.22 bits per heavy atom. The van der Waals surface area contributed by atoms with Gasteiger partial charge in [0.15, 0.2) is 0 Å². The van der Waals surface area contributed by atoms with E-state index in [0.29, 0.717) is 0 Å². The molecule has 1 aliphatic heterocycles. The summed E-state index contributed by atoms with van der Waals surface area (Å²) >= 11 is 3.47. The van der Waals surface area contributed by atoms with Crippen LogP contribution in [0, 0.1) is 6.92 Å². The Labute approximate surface area is 116 Å². The number of likely N-dealkylation sites (tertiary alicyclic amines) is 1. The van der Waals surface area contributed by atoms with Gasteiger partial charge in [-0.05, 0) is 44.4 Å². The van der Waals surface area contributed by atoms with Crippen molar-refractivity contribution >= 4 is 21.8 Å². The third-order valence-electron chi connectivity index (χ3n) is 3.68. The number of hydrogen-bond donors (Lipinski definition) is 1. The number of benzene rings is 1. The summed E-state index contributed by atoms with van der Waals surface area (Å²) in [5.74, 6) is 0.119. The average molecular weight is 311 g/mol. The maximum Gasteiger partial charge on any atom is 0.254 e. The molecule has 0 radical (unpaired) electrons. The van der Waals surface area contributed by atoms with Crippen molar-refractivity contribution in [2.45, 2.75) is 38.8 Å². The predicted octanol–water partition coefficient (Wildman–Crippen LogP) is 2.71. The molecule has 0 bridgehead atoms. The smallest absolute Gasteiger partial charge is 0.254 e. The number of halogens is 1. The fourth-order valence-corrected chi connectivity index (χ4v) is 2.87. The van der Waals surface area contributed by atoms with Crippen molar-refractivity contribution < 1.29 is 4.79 Å². The number of nitrogens with two attached hydrogens (primary N) is 1. The quantitative estimate of drug-likeness (QED) is 0.867. The molecule has 1 aromatic carbocycles. The van der Waals surface area contributed by atoms with Crippen molar-refractivity contribution in [2.24, 2.45) is 5.73 Å². The van der Waals surface area contributed by atoms with Crippen LogP contribution in [-0.2, 0) is 0 Å². The van der Waals surface area contributed by atoms with E-state index < -0.39 is 0 Å². The molecule has 18 heavy (non-hydrogen) atoms. The Hall–Kier alpha value is -0.870. The van der Waals surface area contributed by atoms with Gasteiger partial charge in [0.05, 0.1) is 0 Å². The largest absolute Gasteiger partial charge is 0.336 e. The van der Waals surface area contributed by atoms with Gasteiger partial charge in [0, 0.05) is 28.7 Å². The molecule has 98 valence electrons. The van der Waals surface area contributed by atoms with Crippen LogP contribution in [0.2, 0.25) is 0 Å². The second-order valence-electron chi connectivity index (χ2n) is 5.04. The first-order valence-corrected chi connectivity index (χ1v) is 7.11. The third-order valence-corrected chi connectivity index (χ3v) is 4.53. The molecule has 1 fully saturated rings. The first-order valence-electron chi connectivity index (χ1n) is 6.32. The van der Waals surface area contributed by atoms with Gasteiger partial charge in [0.2, 0.25) is 0 Å². The summed E-state index contributed by atoms with van der Waals surface area (Å²) in [5.41, 5.74) is 7.72. The molecule has 1 amide bonds. The lowest BCUT2D eigenvalue weighted by Gasteiger charge is -2.36. The molecule has 2 atom stereocenters. The van der Waals surface area contributed by atoms with Gasteiger partial charge in [-0.2, -0.15) is 0 Å². The zero-order chi connectivity index (χ0) is 13.3. The van der Waals surface area contributed by atoms with E-state index in [0.717, 1.165) is 35.0 Å². The summed E-state index contributed by atoms with van der Waals surface area (Å²) in [6, 6.07) is 6.21. The average Bonchev–Trinajstić information content (AvgIpc) is 2.32. The number of carbonyl (C=O) groups is 1. The van der Waals surface area contributed by atoms with Crippen molar-refractivity contribution in [3.05, 3.63) is 33.8 Å². The van der Waals surface area contributed by atoms with Crippen LogP contribution >= 0.6 is 15.9 Å². The number of rotatable bonds is 1. The lowest BCUT2D eigenvalue weighted by molar-refractivity contribution is 0.0618. The normalized spacial score (nSPS) is 24.1. The number of hydrogen-bond acceptors (Lipinski definition) is 2. The maximum atomic E-state index is 12.6. The van der Waals surface area contributed by atoms with Crippen LogP contribution in [0.15, 0.2) is 22.7 Å². The Morgan fingerprint density at radius 3 is 2.89 bits per heavy atom. The zero-order valence-corrected chi connectivity index (χ0v) is 12.4. The second-order valence-corrected chi connectivity index (χ2v) is 5.90. The highest BCUT2D eigenvalue weighted by Crippen LogP contribution is 2.24. The van der Waals surface area contributed by atoms with Crippen LogP contribution in [0.1, 0.15) is 35.7 Å². The van der Waals surface area contributed by atoms with Gasteiger partial charge >= 0.3 is 0 Å². The minimum Gasteiger partial charge on any atom is -0.336 e. The minimum atomic E-state index is 0.119. The van der Waals surface area contributed by atoms with Crippen molar-refractivity contribution in [3.63, 3.8) is 0 Å². The summed E-state index contributed by atoms with van der Waals surface area (Å²) < 4.78 is 0.981. The number of carbonyl (C=O) groups excluding carboxylic acids is 1. The van der Waals surface area contributed by atoms with Crippen LogP contribution in [0.25, 0.3) is 0 Å². The Bertz CT molecular complexity index is 461. The molecule has 0 unspecified atom stereocenters. The fraction of sp³-hybridized carbons (Fsp3) is 0.500. The van der Waals surface area contributed by atoms with Gasteiger partial charge < -0.3 is 10.6 Å². The molecular weight excluding hydrogens is 292 g/mol. The Morgan fingerprint density at radius 1 is 1.50 bits per heavy atom. The van der Waals surface area contributed by atoms with Crippen LogP contribution < -0.4 is 5.73 Å². The molecule has 1 aliphatic rings. The summed E-state index contributed by atoms with van der Waals surface area (Å²) in [6.07, 6.45) is 1.78. The molecule has 2 N–H and O–H groups in total. The van der Waals surface area contributed by atoms with E-state index in [1.54, 1.807) is 0 Å². The van der Waals surface area contributed by atoms with Crippen LogP contribution in [-0.4, -0.2) is 29.4 Å². The minimum absolute atomic E-state index is 0.119. The van der Waals surface area contributed by atoms with E-state index in [1.807, 2.05) is 30.0 Å². The molecule has 1 heterocycles. The molecular formula is C14H19BrN2O. The van der Waals surface area contributed by atoms with Gasteiger partial charge in [-0.25, -0.2) is 0 Å². The van der Waals surface area contributed by atoms with E-state index in [1.165, 1.54) is 0 Å². The van der Waals surface area contributed by atoms with Crippen LogP contribution in [0.5, 0.6) is 0 Å². The molecule has 1 saturated heterocycles. The lowest BCUT2D eigenvalue weighted by atomic mass is 9.97. The van der Waals surface area contributed by atoms with Crippen molar-refractivity contribution in [3.8, 4) is 0 Å².